The molecule has 4 heteroatoms. The molecule has 0 spiro atoms. The van der Waals surface area contributed by atoms with Crippen molar-refractivity contribution in [2.75, 3.05) is 39.4 Å². The van der Waals surface area contributed by atoms with E-state index in [0.29, 0.717) is 6.04 Å². The number of hydrogen-bond donors (Lipinski definition) is 0. The molecular weight excluding hydrogens is 180 g/mol. The lowest BCUT2D eigenvalue weighted by Crippen LogP contribution is -2.51. The Kier molecular flexibility index (Phi) is 3.03. The minimum absolute atomic E-state index is 0.201. The minimum atomic E-state index is 0.201. The van der Waals surface area contributed by atoms with Crippen molar-refractivity contribution in [1.82, 2.24) is 9.80 Å². The SMILES string of the molecule is CC(=O)N1CCN([C@H]2CCOC2)CC1. The highest BCUT2D eigenvalue weighted by Gasteiger charge is 2.27. The predicted octanol–water partition coefficient (Wildman–Crippen LogP) is -0.0606. The molecule has 0 N–H and O–H groups in total. The van der Waals surface area contributed by atoms with Crippen LogP contribution in [-0.2, 0) is 9.53 Å². The Balaban J connectivity index is 1.80. The molecule has 0 aromatic heterocycles. The molecule has 2 rings (SSSR count). The molecule has 0 bridgehead atoms. The number of rotatable bonds is 1. The summed E-state index contributed by atoms with van der Waals surface area (Å²) < 4.78 is 5.36. The Morgan fingerprint density at radius 2 is 2.00 bits per heavy atom. The second-order valence-electron chi connectivity index (χ2n) is 4.06. The van der Waals surface area contributed by atoms with Crippen molar-refractivity contribution in [1.29, 1.82) is 0 Å². The summed E-state index contributed by atoms with van der Waals surface area (Å²) in [6.07, 6.45) is 1.15. The molecule has 14 heavy (non-hydrogen) atoms. The molecule has 2 fully saturated rings. The number of nitrogens with zero attached hydrogens (tertiary/aromatic N) is 2. The van der Waals surface area contributed by atoms with E-state index in [4.69, 9.17) is 4.74 Å². The molecule has 2 aliphatic rings. The second kappa shape index (κ2) is 4.28. The maximum atomic E-state index is 11.1. The monoisotopic (exact) mass is 198 g/mol. The van der Waals surface area contributed by atoms with Gasteiger partial charge in [-0.05, 0) is 6.42 Å². The molecule has 0 aromatic rings. The molecule has 1 atom stereocenters. The van der Waals surface area contributed by atoms with Crippen LogP contribution < -0.4 is 0 Å². The third kappa shape index (κ3) is 2.07. The van der Waals surface area contributed by atoms with Crippen molar-refractivity contribution in [3.8, 4) is 0 Å². The first-order chi connectivity index (χ1) is 6.77. The summed E-state index contributed by atoms with van der Waals surface area (Å²) in [5, 5.41) is 0. The highest BCUT2D eigenvalue weighted by molar-refractivity contribution is 5.73. The molecule has 4 nitrogen and oxygen atoms in total. The lowest BCUT2D eigenvalue weighted by atomic mass is 10.2. The number of amides is 1. The molecule has 0 aromatic carbocycles. The third-order valence-electron chi connectivity index (χ3n) is 3.18. The topological polar surface area (TPSA) is 32.8 Å². The molecule has 80 valence electrons. The van der Waals surface area contributed by atoms with E-state index in [9.17, 15) is 4.79 Å². The number of carbonyl (C=O) groups excluding carboxylic acids is 1. The largest absolute Gasteiger partial charge is 0.380 e. The van der Waals surface area contributed by atoms with E-state index in [2.05, 4.69) is 4.90 Å². The van der Waals surface area contributed by atoms with Gasteiger partial charge >= 0.3 is 0 Å². The van der Waals surface area contributed by atoms with Gasteiger partial charge < -0.3 is 9.64 Å². The van der Waals surface area contributed by atoms with Gasteiger partial charge in [0, 0.05) is 45.8 Å². The highest BCUT2D eigenvalue weighted by atomic mass is 16.5. The van der Waals surface area contributed by atoms with E-state index in [0.717, 1.165) is 45.8 Å². The molecule has 0 radical (unpaired) electrons. The van der Waals surface area contributed by atoms with Crippen LogP contribution in [-0.4, -0.2) is 61.1 Å². The second-order valence-corrected chi connectivity index (χ2v) is 4.06. The number of piperazine rings is 1. The van der Waals surface area contributed by atoms with Crippen LogP contribution in [0.3, 0.4) is 0 Å². The fraction of sp³-hybridized carbons (Fsp3) is 0.900. The highest BCUT2D eigenvalue weighted by Crippen LogP contribution is 2.14. The number of hydrogen-bond acceptors (Lipinski definition) is 3. The summed E-state index contributed by atoms with van der Waals surface area (Å²) in [6.45, 7) is 7.20. The Hall–Kier alpha value is -0.610. The van der Waals surface area contributed by atoms with Crippen molar-refractivity contribution < 1.29 is 9.53 Å². The van der Waals surface area contributed by atoms with Crippen LogP contribution in [0.1, 0.15) is 13.3 Å². The van der Waals surface area contributed by atoms with E-state index in [-0.39, 0.29) is 5.91 Å². The van der Waals surface area contributed by atoms with Crippen LogP contribution >= 0.6 is 0 Å². The van der Waals surface area contributed by atoms with Gasteiger partial charge in [-0.25, -0.2) is 0 Å². The summed E-state index contributed by atoms with van der Waals surface area (Å²) in [5.74, 6) is 0.201. The Bertz CT molecular complexity index is 206. The van der Waals surface area contributed by atoms with Crippen molar-refractivity contribution in [2.45, 2.75) is 19.4 Å². The van der Waals surface area contributed by atoms with Crippen molar-refractivity contribution in [2.24, 2.45) is 0 Å². The quantitative estimate of drug-likeness (QED) is 0.592. The summed E-state index contributed by atoms with van der Waals surface area (Å²) in [4.78, 5) is 15.5. The van der Waals surface area contributed by atoms with Crippen LogP contribution in [0.4, 0.5) is 0 Å². The molecule has 0 unspecified atom stereocenters. The third-order valence-corrected chi connectivity index (χ3v) is 3.18. The van der Waals surface area contributed by atoms with Crippen LogP contribution in [0.5, 0.6) is 0 Å². The first-order valence-corrected chi connectivity index (χ1v) is 5.34. The predicted molar refractivity (Wildman–Crippen MR) is 53.1 cm³/mol. The molecule has 2 aliphatic heterocycles. The van der Waals surface area contributed by atoms with Crippen LogP contribution in [0.2, 0.25) is 0 Å². The smallest absolute Gasteiger partial charge is 0.219 e. The van der Waals surface area contributed by atoms with E-state index >= 15 is 0 Å². The van der Waals surface area contributed by atoms with E-state index in [1.807, 2.05) is 4.90 Å². The van der Waals surface area contributed by atoms with Gasteiger partial charge in [0.05, 0.1) is 6.61 Å². The normalized spacial score (nSPS) is 29.5. The Labute approximate surface area is 84.8 Å². The van der Waals surface area contributed by atoms with Gasteiger partial charge in [-0.3, -0.25) is 9.69 Å². The van der Waals surface area contributed by atoms with Gasteiger partial charge in [0.15, 0.2) is 0 Å². The van der Waals surface area contributed by atoms with Gasteiger partial charge in [-0.2, -0.15) is 0 Å². The molecule has 2 heterocycles. The lowest BCUT2D eigenvalue weighted by Gasteiger charge is -2.37. The standard InChI is InChI=1S/C10H18N2O2/c1-9(13)11-3-5-12(6-4-11)10-2-7-14-8-10/h10H,2-8H2,1H3/t10-/m0/s1. The Morgan fingerprint density at radius 1 is 1.29 bits per heavy atom. The van der Waals surface area contributed by atoms with Gasteiger partial charge in [-0.1, -0.05) is 0 Å². The molecular formula is C10H18N2O2. The minimum Gasteiger partial charge on any atom is -0.380 e. The average molecular weight is 198 g/mol. The zero-order valence-electron chi connectivity index (χ0n) is 8.74. The van der Waals surface area contributed by atoms with Gasteiger partial charge in [0.1, 0.15) is 0 Å². The fourth-order valence-electron chi connectivity index (χ4n) is 2.21. The molecule has 0 aliphatic carbocycles. The summed E-state index contributed by atoms with van der Waals surface area (Å²) in [6, 6.07) is 0.601. The summed E-state index contributed by atoms with van der Waals surface area (Å²) >= 11 is 0. The number of carbonyl (C=O) groups is 1. The lowest BCUT2D eigenvalue weighted by molar-refractivity contribution is -0.130. The molecule has 2 saturated heterocycles. The number of ether oxygens (including phenoxy) is 1. The molecule has 1 amide bonds. The zero-order chi connectivity index (χ0) is 9.97. The van der Waals surface area contributed by atoms with Crippen molar-refractivity contribution in [3.05, 3.63) is 0 Å². The summed E-state index contributed by atoms with van der Waals surface area (Å²) in [5.41, 5.74) is 0. The first-order valence-electron chi connectivity index (χ1n) is 5.34. The van der Waals surface area contributed by atoms with Gasteiger partial charge in [0.25, 0.3) is 0 Å². The van der Waals surface area contributed by atoms with Crippen molar-refractivity contribution in [3.63, 3.8) is 0 Å². The maximum absolute atomic E-state index is 11.1. The average Bonchev–Trinajstić information content (AvgIpc) is 2.71. The van der Waals surface area contributed by atoms with Gasteiger partial charge in [0.2, 0.25) is 5.91 Å². The van der Waals surface area contributed by atoms with E-state index in [1.165, 1.54) is 0 Å². The summed E-state index contributed by atoms with van der Waals surface area (Å²) in [7, 11) is 0. The maximum Gasteiger partial charge on any atom is 0.219 e. The first kappa shape index (κ1) is 9.93. The van der Waals surface area contributed by atoms with Crippen LogP contribution in [0.15, 0.2) is 0 Å². The molecule has 0 saturated carbocycles. The Morgan fingerprint density at radius 3 is 2.50 bits per heavy atom. The fourth-order valence-corrected chi connectivity index (χ4v) is 2.21. The van der Waals surface area contributed by atoms with E-state index in [1.54, 1.807) is 6.92 Å². The van der Waals surface area contributed by atoms with Crippen molar-refractivity contribution >= 4 is 5.91 Å². The van der Waals surface area contributed by atoms with Crippen LogP contribution in [0, 0.1) is 0 Å². The zero-order valence-corrected chi connectivity index (χ0v) is 8.74. The van der Waals surface area contributed by atoms with Gasteiger partial charge in [-0.15, -0.1) is 0 Å². The van der Waals surface area contributed by atoms with E-state index < -0.39 is 0 Å². The van der Waals surface area contributed by atoms with Crippen LogP contribution in [0.25, 0.3) is 0 Å².